The number of fused-ring (bicyclic) bond motifs is 1. The molecule has 0 saturated heterocycles. The normalized spacial score (nSPS) is 13.1. The molecule has 3 N–H and O–H groups in total. The topological polar surface area (TPSA) is 123 Å². The Balaban J connectivity index is 1.95. The molecule has 0 aliphatic carbocycles. The molecule has 0 fully saturated rings. The molecule has 0 spiro atoms. The summed E-state index contributed by atoms with van der Waals surface area (Å²) in [6.45, 7) is 0. The first-order valence-corrected chi connectivity index (χ1v) is 8.75. The second-order valence-corrected chi connectivity index (χ2v) is 6.55. The van der Waals surface area contributed by atoms with E-state index in [-0.39, 0.29) is 4.90 Å². The van der Waals surface area contributed by atoms with Gasteiger partial charge in [0.25, 0.3) is 0 Å². The van der Waals surface area contributed by atoms with Gasteiger partial charge >= 0.3 is 0 Å². The highest BCUT2D eigenvalue weighted by molar-refractivity contribution is 8.19. The summed E-state index contributed by atoms with van der Waals surface area (Å²) in [5.74, 6) is 0. The van der Waals surface area contributed by atoms with E-state index in [1.54, 1.807) is 24.4 Å². The number of halogens is 1. The molecular formula is C15H12ClN5O3S. The Morgan fingerprint density at radius 3 is 2.24 bits per heavy atom. The number of hydrogen-bond acceptors (Lipinski definition) is 8. The molecule has 0 unspecified atom stereocenters. The first kappa shape index (κ1) is 17.4. The number of pyridine rings is 1. The van der Waals surface area contributed by atoms with Crippen molar-refractivity contribution in [1.82, 2.24) is 4.98 Å². The molecule has 3 aromatic rings. The lowest BCUT2D eigenvalue weighted by atomic mass is 10.1. The van der Waals surface area contributed by atoms with Crippen LogP contribution in [0.5, 0.6) is 0 Å². The van der Waals surface area contributed by atoms with E-state index in [1.165, 1.54) is 24.3 Å². The quantitative estimate of drug-likeness (QED) is 0.450. The lowest BCUT2D eigenvalue weighted by Crippen LogP contribution is -1.94. The van der Waals surface area contributed by atoms with Crippen LogP contribution in [0.3, 0.4) is 0 Å². The highest BCUT2D eigenvalue weighted by atomic mass is 35.5. The van der Waals surface area contributed by atoms with Crippen LogP contribution in [0.4, 0.5) is 17.1 Å². The van der Waals surface area contributed by atoms with Crippen molar-refractivity contribution in [3.63, 3.8) is 0 Å². The van der Waals surface area contributed by atoms with Crippen LogP contribution < -0.4 is 0 Å². The van der Waals surface area contributed by atoms with E-state index in [9.17, 15) is 13.7 Å². The minimum Gasteiger partial charge on any atom is -0.304 e. The minimum absolute atomic E-state index is 0.0110. The number of hydrogen-bond donors (Lipinski definition) is 3. The van der Waals surface area contributed by atoms with Gasteiger partial charge < -0.3 is 13.7 Å². The number of nitrogens with zero attached hydrogens (tertiary/aromatic N) is 5. The van der Waals surface area contributed by atoms with Crippen LogP contribution in [0.2, 0.25) is 0 Å². The van der Waals surface area contributed by atoms with Gasteiger partial charge in [-0.05, 0) is 48.5 Å². The summed E-state index contributed by atoms with van der Waals surface area (Å²) < 4.78 is 30.8. The Morgan fingerprint density at radius 1 is 0.840 bits per heavy atom. The Kier molecular flexibility index (Phi) is 5.02. The van der Waals surface area contributed by atoms with E-state index >= 15 is 0 Å². The summed E-state index contributed by atoms with van der Waals surface area (Å²) in [5, 5.41) is 12.8. The second-order valence-electron chi connectivity index (χ2n) is 4.89. The monoisotopic (exact) mass is 377 g/mol. The van der Waals surface area contributed by atoms with Crippen molar-refractivity contribution in [3.05, 3.63) is 54.7 Å². The Labute approximate surface area is 149 Å². The van der Waals surface area contributed by atoms with Gasteiger partial charge in [0.2, 0.25) is 0 Å². The first-order chi connectivity index (χ1) is 12.0. The number of aromatic nitrogens is 1. The lowest BCUT2D eigenvalue weighted by molar-refractivity contribution is 0.376. The summed E-state index contributed by atoms with van der Waals surface area (Å²) >= 11 is 5.30. The Bertz CT molecular complexity index is 958. The summed E-state index contributed by atoms with van der Waals surface area (Å²) in [4.78, 5) is 4.27. The predicted molar refractivity (Wildman–Crippen MR) is 96.5 cm³/mol. The van der Waals surface area contributed by atoms with Gasteiger partial charge in [0.1, 0.15) is 16.6 Å². The Hall–Kier alpha value is -2.43. The summed E-state index contributed by atoms with van der Waals surface area (Å²) in [5.41, 5.74) is 2.16. The highest BCUT2D eigenvalue weighted by Gasteiger charge is 2.14. The van der Waals surface area contributed by atoms with E-state index in [0.717, 1.165) is 5.39 Å². The van der Waals surface area contributed by atoms with Crippen molar-refractivity contribution >= 4 is 50.6 Å². The van der Waals surface area contributed by atoms with E-state index in [1.807, 2.05) is 6.07 Å². The van der Waals surface area contributed by atoms with Gasteiger partial charge in [0.05, 0.1) is 33.6 Å². The lowest BCUT2D eigenvalue weighted by Gasteiger charge is -2.18. The van der Waals surface area contributed by atoms with Crippen LogP contribution in [0.25, 0.3) is 10.9 Å². The third-order valence-electron chi connectivity index (χ3n) is 3.30. The third kappa shape index (κ3) is 3.98. The molecule has 0 radical (unpaired) electrons. The van der Waals surface area contributed by atoms with Gasteiger partial charge in [-0.15, -0.1) is 10.2 Å². The Morgan fingerprint density at radius 2 is 1.56 bits per heavy atom. The molecule has 1 heterocycles. The smallest absolute Gasteiger partial charge is 0.113 e. The highest BCUT2D eigenvalue weighted by Crippen LogP contribution is 2.43. The first-order valence-electron chi connectivity index (χ1n) is 6.91. The van der Waals surface area contributed by atoms with Crippen LogP contribution in [0, 0.1) is 0 Å². The molecule has 10 heteroatoms. The fourth-order valence-electron chi connectivity index (χ4n) is 2.16. The maximum atomic E-state index is 9.18. The third-order valence-corrected chi connectivity index (χ3v) is 4.28. The van der Waals surface area contributed by atoms with Crippen molar-refractivity contribution in [3.8, 4) is 0 Å². The second kappa shape index (κ2) is 7.21. The number of azo groups is 1. The van der Waals surface area contributed by atoms with Gasteiger partial charge in [-0.1, -0.05) is 4.63 Å². The van der Waals surface area contributed by atoms with E-state index in [2.05, 4.69) is 25.0 Å². The molecule has 25 heavy (non-hydrogen) atoms. The predicted octanol–water partition coefficient (Wildman–Crippen LogP) is 6.47. The standard InChI is InChI=1S/C15H12ClN5O3S/c16-21-20-14-8-7-13(12-2-1-9-17-15(12)14)19-18-10-3-5-11(6-4-10)25(22,23)24/h1-9,22-24H. The van der Waals surface area contributed by atoms with Crippen molar-refractivity contribution < 1.29 is 13.7 Å². The van der Waals surface area contributed by atoms with Gasteiger partial charge in [-0.25, -0.2) is 0 Å². The van der Waals surface area contributed by atoms with Gasteiger partial charge in [0, 0.05) is 11.6 Å². The summed E-state index contributed by atoms with van der Waals surface area (Å²) in [6.07, 6.45) is 1.63. The van der Waals surface area contributed by atoms with E-state index in [4.69, 9.17) is 11.8 Å². The van der Waals surface area contributed by atoms with Crippen LogP contribution in [-0.2, 0) is 0 Å². The zero-order valence-corrected chi connectivity index (χ0v) is 14.1. The van der Waals surface area contributed by atoms with Crippen LogP contribution in [0.15, 0.2) is 79.6 Å². The zero-order chi connectivity index (χ0) is 17.9. The maximum absolute atomic E-state index is 9.18. The molecule has 0 saturated carbocycles. The van der Waals surface area contributed by atoms with Crippen LogP contribution in [-0.4, -0.2) is 18.6 Å². The molecular weight excluding hydrogens is 366 g/mol. The average molecular weight is 378 g/mol. The van der Waals surface area contributed by atoms with Gasteiger partial charge in [-0.3, -0.25) is 4.98 Å². The van der Waals surface area contributed by atoms with Crippen LogP contribution in [0.1, 0.15) is 0 Å². The summed E-state index contributed by atoms with van der Waals surface area (Å²) in [6, 6.07) is 12.8. The zero-order valence-electron chi connectivity index (χ0n) is 12.6. The van der Waals surface area contributed by atoms with Crippen LogP contribution >= 0.6 is 22.6 Å². The molecule has 8 nitrogen and oxygen atoms in total. The average Bonchev–Trinajstić information content (AvgIpc) is 2.61. The minimum atomic E-state index is -3.74. The maximum Gasteiger partial charge on any atom is 0.113 e. The molecule has 0 aliphatic heterocycles. The fourth-order valence-corrected chi connectivity index (χ4v) is 2.74. The number of rotatable bonds is 4. The van der Waals surface area contributed by atoms with Gasteiger partial charge in [0.15, 0.2) is 0 Å². The molecule has 2 aromatic carbocycles. The molecule has 1 aromatic heterocycles. The molecule has 3 rings (SSSR count). The molecule has 0 amide bonds. The van der Waals surface area contributed by atoms with Crippen molar-refractivity contribution in [1.29, 1.82) is 0 Å². The van der Waals surface area contributed by atoms with E-state index in [0.29, 0.717) is 22.6 Å². The van der Waals surface area contributed by atoms with Crippen molar-refractivity contribution in [2.75, 3.05) is 0 Å². The largest absolute Gasteiger partial charge is 0.304 e. The fraction of sp³-hybridized carbons (Fsp3) is 0. The molecule has 128 valence electrons. The van der Waals surface area contributed by atoms with Crippen molar-refractivity contribution in [2.45, 2.75) is 4.90 Å². The summed E-state index contributed by atoms with van der Waals surface area (Å²) in [7, 11) is -3.74. The SMILES string of the molecule is OS(O)(O)c1ccc(N=Nc2ccc(N=NCl)c3ncccc23)cc1. The molecule has 0 aliphatic rings. The van der Waals surface area contributed by atoms with E-state index < -0.39 is 10.9 Å². The molecule has 0 bridgehead atoms. The van der Waals surface area contributed by atoms with Crippen molar-refractivity contribution in [2.24, 2.45) is 20.0 Å². The molecule has 0 atom stereocenters. The van der Waals surface area contributed by atoms with Gasteiger partial charge in [-0.2, -0.15) is 5.11 Å². The number of benzene rings is 2.